The van der Waals surface area contributed by atoms with Crippen molar-refractivity contribution in [2.75, 3.05) is 0 Å². The van der Waals surface area contributed by atoms with Crippen molar-refractivity contribution < 1.29 is 35.2 Å². The summed E-state index contributed by atoms with van der Waals surface area (Å²) in [6, 6.07) is 0. The Morgan fingerprint density at radius 2 is 2.00 bits per heavy atom. The van der Waals surface area contributed by atoms with Gasteiger partial charge < -0.3 is 35.7 Å². The molecule has 0 fully saturated rings. The Bertz CT molecular complexity index is 254. The van der Waals surface area contributed by atoms with Gasteiger partial charge in [-0.25, -0.2) is 10.2 Å². The third-order valence-corrected chi connectivity index (χ3v) is 0.369. The summed E-state index contributed by atoms with van der Waals surface area (Å²) < 4.78 is 17.1. The summed E-state index contributed by atoms with van der Waals surface area (Å²) >= 11 is 6.57. The SMILES string of the molecule is NC(=O)O.[N-]=[N+]=NNC(=S)[S-].[O]=[Mo]=[O]. The molecule has 0 heterocycles. The first kappa shape index (κ1) is 18.7. The standard InChI is InChI=1S/CH2N4S2.CH3NO2.Mo.2O/c2-4-5-3-1(6)7;2-1(3)4;;;/h(H2,3,6,7);2H2,(H,3,4);;;/p-1. The molecule has 14 heavy (non-hydrogen) atoms. The zero-order chi connectivity index (χ0) is 12.0. The van der Waals surface area contributed by atoms with Crippen LogP contribution in [0.4, 0.5) is 4.79 Å². The molecule has 0 saturated carbocycles. The molecule has 0 unspecified atom stereocenters. The third-order valence-electron chi connectivity index (χ3n) is 0.186. The second kappa shape index (κ2) is 17.9. The van der Waals surface area contributed by atoms with Gasteiger partial charge in [-0.05, 0) is 5.22 Å². The molecule has 0 aliphatic rings. The van der Waals surface area contributed by atoms with Crippen molar-refractivity contribution in [3.05, 3.63) is 10.4 Å². The van der Waals surface area contributed by atoms with Gasteiger partial charge in [0.05, 0.1) is 0 Å². The van der Waals surface area contributed by atoms with Crippen LogP contribution < -0.4 is 11.2 Å². The number of nitrogens with two attached hydrogens (primary N) is 1. The van der Waals surface area contributed by atoms with Gasteiger partial charge in [-0.15, -0.1) is 5.53 Å². The maximum absolute atomic E-state index is 8.78. The first-order chi connectivity index (χ1) is 6.42. The third kappa shape index (κ3) is 123. The van der Waals surface area contributed by atoms with E-state index in [1.807, 2.05) is 5.43 Å². The Morgan fingerprint density at radius 3 is 2.07 bits per heavy atom. The van der Waals surface area contributed by atoms with Gasteiger partial charge in [-0.2, -0.15) is 4.91 Å². The van der Waals surface area contributed by atoms with Gasteiger partial charge in [0.15, 0.2) is 0 Å². The van der Waals surface area contributed by atoms with E-state index in [1.54, 1.807) is 0 Å². The van der Waals surface area contributed by atoms with Crippen molar-refractivity contribution in [2.45, 2.75) is 0 Å². The number of carbonyl (C=O) groups is 1. The van der Waals surface area contributed by atoms with Crippen LogP contribution in [0.3, 0.4) is 0 Å². The Balaban J connectivity index is -0.000000147. The first-order valence-corrected chi connectivity index (χ1v) is 4.79. The molecule has 0 aliphatic carbocycles. The second-order valence-electron chi connectivity index (χ2n) is 0.995. The van der Waals surface area contributed by atoms with Crippen LogP contribution in [0.1, 0.15) is 0 Å². The number of carboxylic acid groups (broad SMARTS) is 1. The van der Waals surface area contributed by atoms with Gasteiger partial charge in [-0.3, -0.25) is 0 Å². The molecule has 9 nitrogen and oxygen atoms in total. The number of hydrogen-bond acceptors (Lipinski definition) is 6. The van der Waals surface area contributed by atoms with E-state index in [9.17, 15) is 0 Å². The fourth-order valence-corrected chi connectivity index (χ4v) is 0.145. The minimum absolute atomic E-state index is 0.0535. The summed E-state index contributed by atoms with van der Waals surface area (Å²) in [6.45, 7) is 0. The molecule has 0 aliphatic heterocycles. The van der Waals surface area contributed by atoms with Crippen molar-refractivity contribution in [3.8, 4) is 0 Å². The van der Waals surface area contributed by atoms with Crippen LogP contribution in [-0.2, 0) is 37.9 Å². The van der Waals surface area contributed by atoms with Gasteiger partial charge >= 0.3 is 31.4 Å². The molecule has 0 spiro atoms. The molecule has 12 heteroatoms. The van der Waals surface area contributed by atoms with Crippen LogP contribution in [0.15, 0.2) is 5.22 Å². The van der Waals surface area contributed by atoms with E-state index in [2.05, 4.69) is 40.7 Å². The number of azide groups is 1. The number of hydrogen-bond donors (Lipinski definition) is 3. The molecule has 0 saturated heterocycles. The molecule has 0 bridgehead atoms. The Labute approximate surface area is 97.2 Å². The molecule has 4 N–H and O–H groups in total. The summed E-state index contributed by atoms with van der Waals surface area (Å²) in [4.78, 5) is 11.1. The number of amides is 1. The normalized spacial score (nSPS) is 5.71. The number of primary amides is 1. The Hall–Kier alpha value is -1.02. The topological polar surface area (TPSA) is 158 Å². The van der Waals surface area contributed by atoms with E-state index in [4.69, 9.17) is 22.2 Å². The summed E-state index contributed by atoms with van der Waals surface area (Å²) in [5.74, 6) is 0. The number of nitrogens with one attached hydrogen (secondary N) is 1. The van der Waals surface area contributed by atoms with Gasteiger partial charge in [-0.1, -0.05) is 0 Å². The number of thiocarbonyl (C=S) groups is 1. The fraction of sp³-hybridized carbons (Fsp3) is 0. The average Bonchev–Trinajstić information content (AvgIpc) is 2.01. The summed E-state index contributed by atoms with van der Waals surface area (Å²) in [5.41, 5.74) is 13.7. The Kier molecular flexibility index (Phi) is 23.9. The van der Waals surface area contributed by atoms with Crippen LogP contribution in [0.2, 0.25) is 0 Å². The molecular formula is C2H4MoN5O4S2-. The maximum atomic E-state index is 8.78. The molecular weight excluding hydrogens is 318 g/mol. The average molecular weight is 322 g/mol. The molecule has 0 rings (SSSR count). The minimum atomic E-state index is -2.03. The van der Waals surface area contributed by atoms with Crippen molar-refractivity contribution >= 4 is 35.3 Å². The van der Waals surface area contributed by atoms with E-state index in [1.165, 1.54) is 0 Å². The van der Waals surface area contributed by atoms with Crippen LogP contribution in [0.25, 0.3) is 10.4 Å². The molecule has 0 atom stereocenters. The van der Waals surface area contributed by atoms with Gasteiger partial charge in [0, 0.05) is 4.32 Å². The Morgan fingerprint density at radius 1 is 1.71 bits per heavy atom. The molecule has 0 aromatic rings. The predicted molar refractivity (Wildman–Crippen MR) is 45.8 cm³/mol. The van der Waals surface area contributed by atoms with E-state index >= 15 is 0 Å². The van der Waals surface area contributed by atoms with Crippen LogP contribution in [0.5, 0.6) is 0 Å². The number of nitrogens with zero attached hydrogens (tertiary/aromatic N) is 3. The fourth-order valence-electron chi connectivity index (χ4n) is 0.0632. The van der Waals surface area contributed by atoms with Gasteiger partial charge in [0.1, 0.15) is 0 Å². The monoisotopic (exact) mass is 324 g/mol. The van der Waals surface area contributed by atoms with Crippen LogP contribution in [-0.4, -0.2) is 15.5 Å². The summed E-state index contributed by atoms with van der Waals surface area (Å²) in [5, 5.41) is 10.1. The van der Waals surface area contributed by atoms with Crippen molar-refractivity contribution in [2.24, 2.45) is 11.0 Å². The molecule has 1 amide bonds. The predicted octanol–water partition coefficient (Wildman–Crippen LogP) is 0.0161. The summed E-state index contributed by atoms with van der Waals surface area (Å²) in [6.07, 6.45) is -1.33. The van der Waals surface area contributed by atoms with E-state index in [0.29, 0.717) is 0 Å². The zero-order valence-electron chi connectivity index (χ0n) is 6.32. The van der Waals surface area contributed by atoms with Crippen LogP contribution in [0, 0.1) is 0 Å². The first-order valence-electron chi connectivity index (χ1n) is 2.33. The van der Waals surface area contributed by atoms with E-state index < -0.39 is 24.6 Å². The zero-order valence-corrected chi connectivity index (χ0v) is 9.96. The van der Waals surface area contributed by atoms with Crippen molar-refractivity contribution in [1.29, 1.82) is 0 Å². The molecule has 0 aromatic carbocycles. The van der Waals surface area contributed by atoms with Crippen LogP contribution >= 0.6 is 12.2 Å². The van der Waals surface area contributed by atoms with Gasteiger partial charge in [0.25, 0.3) is 0 Å². The molecule has 0 radical (unpaired) electrons. The van der Waals surface area contributed by atoms with Crippen molar-refractivity contribution in [1.82, 2.24) is 5.43 Å². The van der Waals surface area contributed by atoms with Crippen molar-refractivity contribution in [3.63, 3.8) is 0 Å². The quantitative estimate of drug-likeness (QED) is 0.117. The molecule has 80 valence electrons. The van der Waals surface area contributed by atoms with E-state index in [0.717, 1.165) is 0 Å². The second-order valence-corrected chi connectivity index (χ2v) is 2.40. The number of rotatable bonds is 1. The van der Waals surface area contributed by atoms with Gasteiger partial charge in [0.2, 0.25) is 0 Å². The summed E-state index contributed by atoms with van der Waals surface area (Å²) in [7, 11) is 0. The molecule has 0 aromatic heterocycles. The van der Waals surface area contributed by atoms with E-state index in [-0.39, 0.29) is 4.32 Å².